The summed E-state index contributed by atoms with van der Waals surface area (Å²) >= 11 is 0. The summed E-state index contributed by atoms with van der Waals surface area (Å²) in [5, 5.41) is 0.389. The Kier molecular flexibility index (Phi) is 6.20. The Bertz CT molecular complexity index is 1180. The SMILES string of the molecule is Cc1c(-c2ccccc2)oc2c(C(=O)OCC(C)(C)N3CCCCC3C)cccc2c1=O. The van der Waals surface area contributed by atoms with Crippen molar-refractivity contribution in [1.82, 2.24) is 4.90 Å². The van der Waals surface area contributed by atoms with E-state index >= 15 is 0 Å². The van der Waals surface area contributed by atoms with E-state index in [-0.39, 0.29) is 28.7 Å². The molecule has 2 aromatic carbocycles. The lowest BCUT2D eigenvalue weighted by molar-refractivity contribution is -0.0115. The van der Waals surface area contributed by atoms with E-state index in [0.717, 1.165) is 24.9 Å². The first-order valence-corrected chi connectivity index (χ1v) is 11.4. The zero-order valence-electron chi connectivity index (χ0n) is 19.3. The van der Waals surface area contributed by atoms with Crippen LogP contribution in [0.2, 0.25) is 0 Å². The standard InChI is InChI=1S/C27H31NO4/c1-18-11-8-9-16-28(18)27(3,4)17-31-26(30)22-15-10-14-21-23(29)19(2)24(32-25(21)22)20-12-6-5-7-13-20/h5-7,10,12-15,18H,8-9,11,16-17H2,1-4H3. The smallest absolute Gasteiger partial charge is 0.342 e. The zero-order chi connectivity index (χ0) is 22.9. The van der Waals surface area contributed by atoms with E-state index in [2.05, 4.69) is 25.7 Å². The zero-order valence-corrected chi connectivity index (χ0v) is 19.3. The Balaban J connectivity index is 1.66. The van der Waals surface area contributed by atoms with Crippen molar-refractivity contribution in [2.45, 2.75) is 58.5 Å². The van der Waals surface area contributed by atoms with Crippen LogP contribution in [0.3, 0.4) is 0 Å². The minimum absolute atomic E-state index is 0.137. The molecule has 5 nitrogen and oxygen atoms in total. The molecular weight excluding hydrogens is 402 g/mol. The van der Waals surface area contributed by atoms with Crippen molar-refractivity contribution < 1.29 is 13.9 Å². The number of rotatable bonds is 5. The van der Waals surface area contributed by atoms with Gasteiger partial charge in [-0.1, -0.05) is 42.8 Å². The molecule has 1 fully saturated rings. The molecule has 1 aliphatic heterocycles. The van der Waals surface area contributed by atoms with Crippen molar-refractivity contribution in [3.63, 3.8) is 0 Å². The van der Waals surface area contributed by atoms with E-state index in [1.165, 1.54) is 6.42 Å². The number of likely N-dealkylation sites (tertiary alicyclic amines) is 1. The number of benzene rings is 2. The molecule has 1 unspecified atom stereocenters. The molecule has 1 atom stereocenters. The summed E-state index contributed by atoms with van der Waals surface area (Å²) < 4.78 is 11.9. The molecule has 32 heavy (non-hydrogen) atoms. The van der Waals surface area contributed by atoms with Gasteiger partial charge in [-0.25, -0.2) is 4.79 Å². The van der Waals surface area contributed by atoms with Gasteiger partial charge in [-0.2, -0.15) is 0 Å². The van der Waals surface area contributed by atoms with Gasteiger partial charge in [0.1, 0.15) is 17.9 Å². The molecule has 0 amide bonds. The first-order valence-electron chi connectivity index (χ1n) is 11.4. The average Bonchev–Trinajstić information content (AvgIpc) is 2.80. The summed E-state index contributed by atoms with van der Waals surface area (Å²) in [5.74, 6) is 0.00479. The lowest BCUT2D eigenvalue weighted by Crippen LogP contribution is -2.53. The maximum absolute atomic E-state index is 13.1. The molecule has 2 heterocycles. The number of hydrogen-bond acceptors (Lipinski definition) is 5. The molecule has 0 saturated carbocycles. The highest BCUT2D eigenvalue weighted by atomic mass is 16.5. The summed E-state index contributed by atoms with van der Waals surface area (Å²) in [6, 6.07) is 15.0. The predicted molar refractivity (Wildman–Crippen MR) is 127 cm³/mol. The normalized spacial score (nSPS) is 17.4. The second-order valence-electron chi connectivity index (χ2n) is 9.36. The van der Waals surface area contributed by atoms with Crippen molar-refractivity contribution in [1.29, 1.82) is 0 Å². The Morgan fingerprint density at radius 2 is 1.88 bits per heavy atom. The molecule has 1 aliphatic rings. The highest BCUT2D eigenvalue weighted by Gasteiger charge is 2.33. The van der Waals surface area contributed by atoms with Gasteiger partial charge in [0.05, 0.1) is 5.39 Å². The molecule has 0 aliphatic carbocycles. The minimum atomic E-state index is -0.473. The third kappa shape index (κ3) is 4.22. The van der Waals surface area contributed by atoms with Gasteiger partial charge in [-0.15, -0.1) is 0 Å². The van der Waals surface area contributed by atoms with Gasteiger partial charge < -0.3 is 9.15 Å². The number of hydrogen-bond donors (Lipinski definition) is 0. The molecule has 0 spiro atoms. The average molecular weight is 434 g/mol. The van der Waals surface area contributed by atoms with Gasteiger partial charge in [0.2, 0.25) is 0 Å². The minimum Gasteiger partial charge on any atom is -0.460 e. The van der Waals surface area contributed by atoms with Crippen LogP contribution in [0.25, 0.3) is 22.3 Å². The molecule has 0 N–H and O–H groups in total. The first-order chi connectivity index (χ1) is 15.3. The van der Waals surface area contributed by atoms with E-state index in [1.54, 1.807) is 25.1 Å². The Morgan fingerprint density at radius 3 is 2.59 bits per heavy atom. The largest absolute Gasteiger partial charge is 0.460 e. The highest BCUT2D eigenvalue weighted by Crippen LogP contribution is 2.29. The second-order valence-corrected chi connectivity index (χ2v) is 9.36. The predicted octanol–water partition coefficient (Wildman–Crippen LogP) is 5.58. The van der Waals surface area contributed by atoms with Gasteiger partial charge in [0.15, 0.2) is 11.0 Å². The van der Waals surface area contributed by atoms with Crippen LogP contribution in [0.1, 0.15) is 56.0 Å². The number of fused-ring (bicyclic) bond motifs is 1. The molecule has 3 aromatic rings. The van der Waals surface area contributed by atoms with E-state index < -0.39 is 5.97 Å². The Morgan fingerprint density at radius 1 is 1.12 bits per heavy atom. The van der Waals surface area contributed by atoms with Crippen molar-refractivity contribution >= 4 is 16.9 Å². The van der Waals surface area contributed by atoms with Crippen molar-refractivity contribution in [3.05, 3.63) is 69.9 Å². The van der Waals surface area contributed by atoms with Gasteiger partial charge in [-0.3, -0.25) is 9.69 Å². The Hall–Kier alpha value is -2.92. The first kappa shape index (κ1) is 22.3. The third-order valence-electron chi connectivity index (χ3n) is 6.54. The molecular formula is C27H31NO4. The highest BCUT2D eigenvalue weighted by molar-refractivity contribution is 6.02. The van der Waals surface area contributed by atoms with Gasteiger partial charge >= 0.3 is 5.97 Å². The number of esters is 1. The van der Waals surface area contributed by atoms with E-state index in [1.807, 2.05) is 30.3 Å². The van der Waals surface area contributed by atoms with E-state index in [4.69, 9.17) is 9.15 Å². The summed E-state index contributed by atoms with van der Waals surface area (Å²) in [5.41, 5.74) is 1.46. The maximum atomic E-state index is 13.1. The van der Waals surface area contributed by atoms with Crippen LogP contribution in [0, 0.1) is 6.92 Å². The van der Waals surface area contributed by atoms with Gasteiger partial charge in [0.25, 0.3) is 0 Å². The molecule has 0 bridgehead atoms. The van der Waals surface area contributed by atoms with Crippen LogP contribution in [-0.2, 0) is 4.74 Å². The molecule has 1 aromatic heterocycles. The topological polar surface area (TPSA) is 59.8 Å². The monoisotopic (exact) mass is 433 g/mol. The number of ether oxygens (including phenoxy) is 1. The molecule has 0 radical (unpaired) electrons. The van der Waals surface area contributed by atoms with E-state index in [0.29, 0.717) is 22.8 Å². The lowest BCUT2D eigenvalue weighted by Gasteiger charge is -2.44. The number of carbonyl (C=O) groups excluding carboxylic acids is 1. The number of para-hydroxylation sites is 1. The molecule has 4 rings (SSSR count). The molecule has 168 valence electrons. The van der Waals surface area contributed by atoms with Crippen LogP contribution in [-0.4, -0.2) is 35.6 Å². The van der Waals surface area contributed by atoms with Crippen LogP contribution < -0.4 is 5.43 Å². The summed E-state index contributed by atoms with van der Waals surface area (Å²) in [6.45, 7) is 9.49. The fourth-order valence-corrected chi connectivity index (χ4v) is 4.74. The maximum Gasteiger partial charge on any atom is 0.342 e. The van der Waals surface area contributed by atoms with Crippen molar-refractivity contribution in [2.24, 2.45) is 0 Å². The van der Waals surface area contributed by atoms with E-state index in [9.17, 15) is 9.59 Å². The van der Waals surface area contributed by atoms with Crippen LogP contribution in [0.15, 0.2) is 57.7 Å². The van der Waals surface area contributed by atoms with Gasteiger partial charge in [-0.05, 0) is 59.2 Å². The van der Waals surface area contributed by atoms with Crippen molar-refractivity contribution in [3.8, 4) is 11.3 Å². The second kappa shape index (κ2) is 8.91. The quantitative estimate of drug-likeness (QED) is 0.492. The lowest BCUT2D eigenvalue weighted by atomic mass is 9.95. The fraction of sp³-hybridized carbons (Fsp3) is 0.407. The summed E-state index contributed by atoms with van der Waals surface area (Å²) in [7, 11) is 0. The summed E-state index contributed by atoms with van der Waals surface area (Å²) in [4.78, 5) is 28.6. The molecule has 5 heteroatoms. The number of carbonyl (C=O) groups is 1. The number of piperidine rings is 1. The van der Waals surface area contributed by atoms with Crippen LogP contribution in [0.4, 0.5) is 0 Å². The molecule has 1 saturated heterocycles. The third-order valence-corrected chi connectivity index (χ3v) is 6.54. The Labute approximate surface area is 189 Å². The van der Waals surface area contributed by atoms with Crippen LogP contribution >= 0.6 is 0 Å². The number of nitrogens with zero attached hydrogens (tertiary/aromatic N) is 1. The van der Waals surface area contributed by atoms with Crippen molar-refractivity contribution in [2.75, 3.05) is 13.2 Å². The van der Waals surface area contributed by atoms with Gasteiger partial charge in [0, 0.05) is 22.7 Å². The van der Waals surface area contributed by atoms with Crippen LogP contribution in [0.5, 0.6) is 0 Å². The fourth-order valence-electron chi connectivity index (χ4n) is 4.74. The summed E-state index contributed by atoms with van der Waals surface area (Å²) in [6.07, 6.45) is 3.57.